The second-order valence-corrected chi connectivity index (χ2v) is 10.8. The van der Waals surface area contributed by atoms with Gasteiger partial charge in [0, 0.05) is 18.1 Å². The number of esters is 1. The number of fused-ring (bicyclic) bond motifs is 1. The number of hydrazine groups is 2. The van der Waals surface area contributed by atoms with Gasteiger partial charge in [0.05, 0.1) is 17.0 Å². The highest BCUT2D eigenvalue weighted by Gasteiger charge is 2.65. The molecule has 2 heterocycles. The highest BCUT2D eigenvalue weighted by atomic mass is 32.5. The highest BCUT2D eigenvalue weighted by Crippen LogP contribution is 3.02. The Bertz CT molecular complexity index is 1210. The van der Waals surface area contributed by atoms with Crippen molar-refractivity contribution in [3.63, 3.8) is 0 Å². The lowest BCUT2D eigenvalue weighted by atomic mass is 9.99. The minimum atomic E-state index is -10.2. The molecule has 0 bridgehead atoms. The van der Waals surface area contributed by atoms with E-state index >= 15 is 0 Å². The molecule has 19 heteroatoms. The van der Waals surface area contributed by atoms with Crippen LogP contribution < -0.4 is 10.3 Å². The lowest BCUT2D eigenvalue weighted by molar-refractivity contribution is -0.793. The maximum absolute atomic E-state index is 13.6. The number of halogens is 8. The molecule has 3 atom stereocenters. The molecule has 0 radical (unpaired) electrons. The van der Waals surface area contributed by atoms with Crippen molar-refractivity contribution >= 4 is 28.2 Å². The van der Waals surface area contributed by atoms with Gasteiger partial charge in [0.25, 0.3) is 4.98 Å². The molecule has 2 aliphatic heterocycles. The van der Waals surface area contributed by atoms with E-state index in [1.54, 1.807) is 5.59 Å². The molecule has 1 saturated heterocycles. The van der Waals surface area contributed by atoms with E-state index in [9.17, 15) is 47.1 Å². The normalized spacial score (nSPS) is 22.3. The standard InChI is InChI=1S/C19H19F8N3O7S/c1-9-6-12(38(23,24,25,26)27)7-11-8-13(16(19(20,21)22)36-15(9)11)18(33)35-10(2)37-28-30(34)29-5-3-4-14(29)17(31)32/h6-8,10,14,16H,3-5H2,1-2H3,(H-,28,31,32,34)/p+1/t10?,14-,16-/m0/s1. The third kappa shape index (κ3) is 6.37. The van der Waals surface area contributed by atoms with Gasteiger partial charge in [-0.15, -0.1) is 0 Å². The van der Waals surface area contributed by atoms with Crippen LogP contribution >= 0.6 is 10.2 Å². The number of alkyl halides is 3. The summed E-state index contributed by atoms with van der Waals surface area (Å²) in [5, 5.41) is 9.89. The number of rotatable bonds is 8. The number of carboxylic acids is 1. The number of carbonyl (C=O) groups is 2. The van der Waals surface area contributed by atoms with Crippen LogP contribution in [0.1, 0.15) is 30.9 Å². The number of hydrogen-bond acceptors (Lipinski definition) is 6. The Labute approximate surface area is 208 Å². The summed E-state index contributed by atoms with van der Waals surface area (Å²) in [6.07, 6.45) is -9.37. The summed E-state index contributed by atoms with van der Waals surface area (Å²) in [6.45, 7) is 1.78. The topological polar surface area (TPSA) is 117 Å². The summed E-state index contributed by atoms with van der Waals surface area (Å²) in [6, 6.07) is -1.40. The van der Waals surface area contributed by atoms with Crippen molar-refractivity contribution in [3.8, 4) is 5.75 Å². The number of aryl methyl sites for hydroxylation is 1. The Kier molecular flexibility index (Phi) is 6.81. The zero-order chi connectivity index (χ0) is 28.9. The van der Waals surface area contributed by atoms with Crippen LogP contribution in [0.3, 0.4) is 0 Å². The van der Waals surface area contributed by atoms with Crippen LogP contribution in [0.25, 0.3) is 6.08 Å². The van der Waals surface area contributed by atoms with Crippen LogP contribution in [0.15, 0.2) is 22.6 Å². The average Bonchev–Trinajstić information content (AvgIpc) is 3.25. The van der Waals surface area contributed by atoms with E-state index in [-0.39, 0.29) is 36.2 Å². The molecule has 0 aromatic heterocycles. The molecule has 1 aromatic rings. The van der Waals surface area contributed by atoms with Gasteiger partial charge >= 0.3 is 28.3 Å². The number of hydrogen-bond donors (Lipinski definition) is 2. The number of nitroso groups, excluding NO2 is 1. The van der Waals surface area contributed by atoms with Gasteiger partial charge in [0.2, 0.25) is 12.4 Å². The summed E-state index contributed by atoms with van der Waals surface area (Å²) >= 11 is 0. The first-order chi connectivity index (χ1) is 17.1. The van der Waals surface area contributed by atoms with Crippen molar-refractivity contribution in [2.75, 3.05) is 6.54 Å². The van der Waals surface area contributed by atoms with Gasteiger partial charge in [0.1, 0.15) is 10.6 Å². The first kappa shape index (κ1) is 29.2. The fourth-order valence-corrected chi connectivity index (χ4v) is 4.48. The Morgan fingerprint density at radius 3 is 2.42 bits per heavy atom. The molecule has 2 N–H and O–H groups in total. The van der Waals surface area contributed by atoms with Crippen molar-refractivity contribution in [1.29, 1.82) is 0 Å². The summed E-state index contributed by atoms with van der Waals surface area (Å²) in [5.74, 6) is -3.93. The van der Waals surface area contributed by atoms with E-state index in [2.05, 4.69) is 4.74 Å². The summed E-state index contributed by atoms with van der Waals surface area (Å²) in [7, 11) is -10.2. The molecule has 3 rings (SSSR count). The predicted octanol–water partition coefficient (Wildman–Crippen LogP) is 4.93. The van der Waals surface area contributed by atoms with Gasteiger partial charge in [-0.3, -0.25) is 0 Å². The van der Waals surface area contributed by atoms with E-state index in [1.165, 1.54) is 0 Å². The third-order valence-corrected chi connectivity index (χ3v) is 6.52. The van der Waals surface area contributed by atoms with Gasteiger partial charge in [-0.25, -0.2) is 9.59 Å². The number of carboxylic acid groups (broad SMARTS) is 1. The number of nitrogens with one attached hydrogen (secondary N) is 1. The molecular weight excluding hydrogens is 566 g/mol. The SMILES string of the molecule is Cc1cc(S(F)(F)(F)(F)F)cc2c1O[C@H](C(F)(F)F)C(C(=O)OC(C)ON[N+](=O)N1CCC[C@H]1C(=O)O)=C2. The maximum atomic E-state index is 13.6. The average molecular weight is 586 g/mol. The van der Waals surface area contributed by atoms with Crippen molar-refractivity contribution in [1.82, 2.24) is 10.6 Å². The predicted molar refractivity (Wildman–Crippen MR) is 112 cm³/mol. The number of aliphatic carboxylic acids is 1. The Morgan fingerprint density at radius 2 is 1.87 bits per heavy atom. The van der Waals surface area contributed by atoms with Crippen LogP contribution in [0.5, 0.6) is 5.75 Å². The van der Waals surface area contributed by atoms with E-state index in [1.807, 2.05) is 0 Å². The minimum Gasteiger partial charge on any atom is -0.480 e. The van der Waals surface area contributed by atoms with Crippen molar-refractivity contribution in [2.45, 2.75) is 56.2 Å². The molecule has 0 spiro atoms. The van der Waals surface area contributed by atoms with Gasteiger partial charge in [-0.05, 0) is 43.5 Å². The fraction of sp³-hybridized carbons (Fsp3) is 0.474. The molecule has 0 aliphatic carbocycles. The van der Waals surface area contributed by atoms with Gasteiger partial charge < -0.3 is 14.6 Å². The number of carbonyl (C=O) groups excluding carboxylic acids is 1. The molecule has 38 heavy (non-hydrogen) atoms. The molecule has 0 amide bonds. The minimum absolute atomic E-state index is 0.0161. The second kappa shape index (κ2) is 8.85. The fourth-order valence-electron chi connectivity index (χ4n) is 3.73. The van der Waals surface area contributed by atoms with Crippen molar-refractivity contribution in [3.05, 3.63) is 33.7 Å². The summed E-state index contributed by atoms with van der Waals surface area (Å²) < 4.78 is 117. The third-order valence-electron chi connectivity index (χ3n) is 5.40. The molecule has 1 fully saturated rings. The van der Waals surface area contributed by atoms with Gasteiger partial charge in [-0.1, -0.05) is 24.4 Å². The Morgan fingerprint density at radius 1 is 1.24 bits per heavy atom. The molecule has 214 valence electrons. The van der Waals surface area contributed by atoms with Crippen LogP contribution in [0.4, 0.5) is 32.6 Å². The van der Waals surface area contributed by atoms with Crippen molar-refractivity contribution in [2.24, 2.45) is 0 Å². The largest absolute Gasteiger partial charge is 0.480 e. The molecule has 1 aromatic carbocycles. The smallest absolute Gasteiger partial charge is 0.430 e. The quantitative estimate of drug-likeness (QED) is 0.144. The second-order valence-electron chi connectivity index (χ2n) is 8.38. The number of benzene rings is 1. The maximum Gasteiger partial charge on any atom is 0.430 e. The van der Waals surface area contributed by atoms with Crippen molar-refractivity contribution < 1.29 is 66.6 Å². The van der Waals surface area contributed by atoms with Gasteiger partial charge in [0.15, 0.2) is 6.04 Å². The monoisotopic (exact) mass is 586 g/mol. The lowest BCUT2D eigenvalue weighted by Crippen LogP contribution is -2.49. The Balaban J connectivity index is 1.83. The van der Waals surface area contributed by atoms with Crippen LogP contribution in [-0.2, 0) is 19.2 Å². The van der Waals surface area contributed by atoms with E-state index in [0.29, 0.717) is 6.42 Å². The molecule has 2 aliphatic rings. The first-order valence-electron chi connectivity index (χ1n) is 10.5. The molecule has 0 saturated carbocycles. The molecule has 10 nitrogen and oxygen atoms in total. The summed E-state index contributed by atoms with van der Waals surface area (Å²) in [5.41, 5.74) is -1.26. The number of nitrogens with zero attached hydrogens (tertiary/aromatic N) is 2. The zero-order valence-corrected chi connectivity index (χ0v) is 20.1. The van der Waals surface area contributed by atoms with Crippen LogP contribution in [0.2, 0.25) is 0 Å². The Hall–Kier alpha value is -3.35. The highest BCUT2D eigenvalue weighted by molar-refractivity contribution is 8.45. The van der Waals surface area contributed by atoms with Gasteiger partial charge in [-0.2, -0.15) is 18.0 Å². The lowest BCUT2D eigenvalue weighted by Gasteiger charge is -2.41. The van der Waals surface area contributed by atoms with Crippen LogP contribution in [0, 0.1) is 11.8 Å². The van der Waals surface area contributed by atoms with E-state index in [4.69, 9.17) is 14.7 Å². The van der Waals surface area contributed by atoms with E-state index in [0.717, 1.165) is 18.9 Å². The van der Waals surface area contributed by atoms with E-state index < -0.39 is 74.1 Å². The first-order valence-corrected chi connectivity index (χ1v) is 12.5. The van der Waals surface area contributed by atoms with Crippen LogP contribution in [-0.4, -0.2) is 58.2 Å². The molecule has 1 unspecified atom stereocenters. The molecular formula is C19H20F8N3O7S+. The zero-order valence-electron chi connectivity index (χ0n) is 19.3. The number of ether oxygens (including phenoxy) is 2. The summed E-state index contributed by atoms with van der Waals surface area (Å²) in [4.78, 5) is 37.8.